The highest BCUT2D eigenvalue weighted by molar-refractivity contribution is 8.13. The van der Waals surface area contributed by atoms with Crippen molar-refractivity contribution >= 4 is 56.2 Å². The van der Waals surface area contributed by atoms with E-state index in [-0.39, 0.29) is 22.8 Å². The summed E-state index contributed by atoms with van der Waals surface area (Å²) in [5.41, 5.74) is 2.06. The fraction of sp³-hybridized carbons (Fsp3) is 0.185. The summed E-state index contributed by atoms with van der Waals surface area (Å²) < 4.78 is 34.8. The fourth-order valence-corrected chi connectivity index (χ4v) is 5.89. The summed E-state index contributed by atoms with van der Waals surface area (Å²) in [6.07, 6.45) is 1.65. The number of H-pyrrole nitrogens is 1. The zero-order valence-corrected chi connectivity index (χ0v) is 22.7. The molecule has 0 unspecified atom stereocenters. The number of amidine groups is 1. The molecule has 0 spiro atoms. The van der Waals surface area contributed by atoms with Crippen LogP contribution in [0.4, 0.5) is 14.5 Å². The Morgan fingerprint density at radius 1 is 1.08 bits per heavy atom. The Balaban J connectivity index is 1.46. The SMILES string of the molecule is COc1ccc(C=C2N=C(SCc3nc4sc(C)c(C)c4c(=O)[nH]3)N(c3ccc(OC(F)F)cc3)C2=O)cc1. The van der Waals surface area contributed by atoms with Gasteiger partial charge in [-0.3, -0.25) is 14.5 Å². The number of nitrogens with zero attached hydrogens (tertiary/aromatic N) is 3. The smallest absolute Gasteiger partial charge is 0.387 e. The molecule has 8 nitrogen and oxygen atoms in total. The molecular weight excluding hydrogens is 546 g/mol. The third-order valence-electron chi connectivity index (χ3n) is 5.99. The summed E-state index contributed by atoms with van der Waals surface area (Å²) in [5.74, 6) is 0.945. The largest absolute Gasteiger partial charge is 0.497 e. The topological polar surface area (TPSA) is 96.9 Å². The Morgan fingerprint density at radius 2 is 1.77 bits per heavy atom. The van der Waals surface area contributed by atoms with Crippen molar-refractivity contribution in [2.24, 2.45) is 4.99 Å². The van der Waals surface area contributed by atoms with Crippen molar-refractivity contribution in [3.63, 3.8) is 0 Å². The highest BCUT2D eigenvalue weighted by Gasteiger charge is 2.32. The summed E-state index contributed by atoms with van der Waals surface area (Å²) in [6.45, 7) is 0.879. The molecule has 0 saturated heterocycles. The number of benzene rings is 2. The zero-order valence-electron chi connectivity index (χ0n) is 21.0. The zero-order chi connectivity index (χ0) is 27.7. The number of hydrogen-bond acceptors (Lipinski definition) is 8. The third-order valence-corrected chi connectivity index (χ3v) is 8.05. The second kappa shape index (κ2) is 11.0. The molecule has 2 aromatic carbocycles. The number of thioether (sulfide) groups is 1. The summed E-state index contributed by atoms with van der Waals surface area (Å²) in [4.78, 5) is 41.2. The number of thiophene rings is 1. The number of nitrogens with one attached hydrogen (secondary N) is 1. The van der Waals surface area contributed by atoms with Crippen molar-refractivity contribution in [1.82, 2.24) is 9.97 Å². The molecule has 3 heterocycles. The average molecular weight is 569 g/mol. The number of methoxy groups -OCH3 is 1. The first-order valence-electron chi connectivity index (χ1n) is 11.7. The molecule has 0 radical (unpaired) electrons. The summed E-state index contributed by atoms with van der Waals surface area (Å²) >= 11 is 2.68. The van der Waals surface area contributed by atoms with Crippen molar-refractivity contribution in [3.8, 4) is 11.5 Å². The molecule has 0 atom stereocenters. The maximum atomic E-state index is 13.5. The van der Waals surface area contributed by atoms with Crippen molar-refractivity contribution in [3.05, 3.63) is 86.4 Å². The van der Waals surface area contributed by atoms with Gasteiger partial charge in [0.2, 0.25) is 0 Å². The van der Waals surface area contributed by atoms with Crippen LogP contribution in [0.25, 0.3) is 16.3 Å². The van der Waals surface area contributed by atoms with Crippen LogP contribution in [0.5, 0.6) is 11.5 Å². The van der Waals surface area contributed by atoms with E-state index >= 15 is 0 Å². The Hall–Kier alpha value is -4.03. The number of aromatic amines is 1. The molecule has 0 bridgehead atoms. The Kier molecular flexibility index (Phi) is 7.49. The van der Waals surface area contributed by atoms with Gasteiger partial charge in [0.05, 0.1) is 23.9 Å². The van der Waals surface area contributed by atoms with E-state index in [0.29, 0.717) is 32.6 Å². The number of rotatable bonds is 7. The van der Waals surface area contributed by atoms with Gasteiger partial charge in [-0.15, -0.1) is 11.3 Å². The first kappa shape index (κ1) is 26.6. The molecular formula is C27H22F2N4O4S2. The highest BCUT2D eigenvalue weighted by Crippen LogP contribution is 2.32. The molecule has 12 heteroatoms. The van der Waals surface area contributed by atoms with Crippen LogP contribution in [-0.4, -0.2) is 34.8 Å². The summed E-state index contributed by atoms with van der Waals surface area (Å²) in [6, 6.07) is 12.9. The van der Waals surface area contributed by atoms with Crippen molar-refractivity contribution in [2.75, 3.05) is 12.0 Å². The predicted molar refractivity (Wildman–Crippen MR) is 150 cm³/mol. The van der Waals surface area contributed by atoms with Crippen LogP contribution >= 0.6 is 23.1 Å². The van der Waals surface area contributed by atoms with Crippen LogP contribution < -0.4 is 19.9 Å². The maximum absolute atomic E-state index is 13.5. The van der Waals surface area contributed by atoms with Crippen LogP contribution in [0, 0.1) is 13.8 Å². The van der Waals surface area contributed by atoms with E-state index in [0.717, 1.165) is 16.0 Å². The molecule has 200 valence electrons. The van der Waals surface area contributed by atoms with Crippen molar-refractivity contribution in [2.45, 2.75) is 26.2 Å². The number of aromatic nitrogens is 2. The second-order valence-corrected chi connectivity index (χ2v) is 10.6. The fourth-order valence-electron chi connectivity index (χ4n) is 3.96. The number of hydrogen-bond donors (Lipinski definition) is 1. The number of ether oxygens (including phenoxy) is 2. The third kappa shape index (κ3) is 5.57. The minimum atomic E-state index is -2.96. The van der Waals surface area contributed by atoms with Gasteiger partial charge >= 0.3 is 6.61 Å². The van der Waals surface area contributed by atoms with Crippen LogP contribution in [0.1, 0.15) is 21.8 Å². The number of carbonyl (C=O) groups is 1. The number of alkyl halides is 2. The highest BCUT2D eigenvalue weighted by atomic mass is 32.2. The molecule has 0 fully saturated rings. The maximum Gasteiger partial charge on any atom is 0.387 e. The molecule has 0 aliphatic carbocycles. The molecule has 5 rings (SSSR count). The quantitative estimate of drug-likeness (QED) is 0.280. The first-order chi connectivity index (χ1) is 18.7. The molecule has 1 amide bonds. The number of anilines is 1. The lowest BCUT2D eigenvalue weighted by Gasteiger charge is -2.18. The lowest BCUT2D eigenvalue weighted by atomic mass is 10.2. The summed E-state index contributed by atoms with van der Waals surface area (Å²) in [7, 11) is 1.57. The number of aliphatic imine (C=N–C) groups is 1. The van der Waals surface area contributed by atoms with E-state index in [2.05, 4.69) is 19.7 Å². The van der Waals surface area contributed by atoms with Gasteiger partial charge in [-0.25, -0.2) is 9.98 Å². The summed E-state index contributed by atoms with van der Waals surface area (Å²) in [5, 5.41) is 0.931. The Bertz CT molecular complexity index is 1660. The van der Waals surface area contributed by atoms with Crippen molar-refractivity contribution < 1.29 is 23.0 Å². The van der Waals surface area contributed by atoms with E-state index < -0.39 is 12.5 Å². The molecule has 0 saturated carbocycles. The Labute approximate surface area is 230 Å². The second-order valence-electron chi connectivity index (χ2n) is 8.47. The Morgan fingerprint density at radius 3 is 2.44 bits per heavy atom. The van der Waals surface area contributed by atoms with E-state index in [9.17, 15) is 18.4 Å². The van der Waals surface area contributed by atoms with Crippen LogP contribution in [0.15, 0.2) is 64.0 Å². The number of carbonyl (C=O) groups excluding carboxylic acids is 1. The molecule has 1 aliphatic rings. The number of fused-ring (bicyclic) bond motifs is 1. The minimum absolute atomic E-state index is 0.0304. The molecule has 2 aromatic heterocycles. The standard InChI is InChI=1S/C27H22F2N4O4S2/c1-14-15(2)39-24-22(14)23(34)31-21(32-24)13-38-27-30-20(12-16-4-8-18(36-3)9-5-16)25(35)33(27)17-6-10-19(11-7-17)37-26(28)29/h4-12,26H,13H2,1-3H3,(H,31,32,34). The van der Waals surface area contributed by atoms with Crippen LogP contribution in [-0.2, 0) is 10.5 Å². The molecule has 39 heavy (non-hydrogen) atoms. The van der Waals surface area contributed by atoms with Gasteiger partial charge in [0.25, 0.3) is 11.5 Å². The van der Waals surface area contributed by atoms with E-state index in [1.807, 2.05) is 13.8 Å². The molecule has 4 aromatic rings. The number of amides is 1. The normalized spacial score (nSPS) is 14.5. The van der Waals surface area contributed by atoms with Gasteiger partial charge in [0.15, 0.2) is 5.17 Å². The molecule has 1 aliphatic heterocycles. The van der Waals surface area contributed by atoms with E-state index in [4.69, 9.17) is 4.74 Å². The van der Waals surface area contributed by atoms with E-state index in [1.165, 1.54) is 52.3 Å². The lowest BCUT2D eigenvalue weighted by molar-refractivity contribution is -0.113. The van der Waals surface area contributed by atoms with Crippen LogP contribution in [0.2, 0.25) is 0 Å². The average Bonchev–Trinajstić information content (AvgIpc) is 3.38. The minimum Gasteiger partial charge on any atom is -0.497 e. The van der Waals surface area contributed by atoms with E-state index in [1.54, 1.807) is 37.5 Å². The van der Waals surface area contributed by atoms with Gasteiger partial charge in [-0.1, -0.05) is 23.9 Å². The molecule has 1 N–H and O–H groups in total. The predicted octanol–water partition coefficient (Wildman–Crippen LogP) is 5.89. The number of aryl methyl sites for hydroxylation is 2. The van der Waals surface area contributed by atoms with Gasteiger partial charge in [-0.05, 0) is 67.4 Å². The van der Waals surface area contributed by atoms with Gasteiger partial charge in [0, 0.05) is 4.88 Å². The van der Waals surface area contributed by atoms with Gasteiger partial charge < -0.3 is 14.5 Å². The number of halogens is 2. The van der Waals surface area contributed by atoms with Gasteiger partial charge in [0.1, 0.15) is 27.9 Å². The van der Waals surface area contributed by atoms with Gasteiger partial charge in [-0.2, -0.15) is 8.78 Å². The lowest BCUT2D eigenvalue weighted by Crippen LogP contribution is -2.30. The van der Waals surface area contributed by atoms with Crippen LogP contribution in [0.3, 0.4) is 0 Å². The monoisotopic (exact) mass is 568 g/mol. The van der Waals surface area contributed by atoms with Crippen molar-refractivity contribution in [1.29, 1.82) is 0 Å². The first-order valence-corrected chi connectivity index (χ1v) is 13.5.